The summed E-state index contributed by atoms with van der Waals surface area (Å²) in [5.74, 6) is 0.485. The van der Waals surface area contributed by atoms with Crippen LogP contribution in [0.3, 0.4) is 0 Å². The predicted molar refractivity (Wildman–Crippen MR) is 113 cm³/mol. The van der Waals surface area contributed by atoms with Gasteiger partial charge in [0.1, 0.15) is 5.82 Å². The summed E-state index contributed by atoms with van der Waals surface area (Å²) in [7, 11) is 0. The third-order valence-corrected chi connectivity index (χ3v) is 5.81. The topological polar surface area (TPSA) is 75.7 Å². The summed E-state index contributed by atoms with van der Waals surface area (Å²) in [4.78, 5) is 21.2. The van der Waals surface area contributed by atoms with Gasteiger partial charge in [-0.15, -0.1) is 0 Å². The maximum absolute atomic E-state index is 13.4. The van der Waals surface area contributed by atoms with E-state index in [9.17, 15) is 9.18 Å². The Morgan fingerprint density at radius 3 is 2.60 bits per heavy atom. The van der Waals surface area contributed by atoms with E-state index in [-0.39, 0.29) is 17.3 Å². The SMILES string of the molecule is O=c1c(CCc2ccc(F)cc2)c(C2CCOCC2)[nH]n1-c1nc2ccccc2[nH]1. The van der Waals surface area contributed by atoms with Gasteiger partial charge in [-0.2, -0.15) is 4.68 Å². The number of hydrogen-bond donors (Lipinski definition) is 2. The highest BCUT2D eigenvalue weighted by Crippen LogP contribution is 2.28. The molecule has 0 saturated carbocycles. The van der Waals surface area contributed by atoms with Crippen LogP contribution in [0.15, 0.2) is 53.3 Å². The van der Waals surface area contributed by atoms with Crippen LogP contribution in [0.5, 0.6) is 0 Å². The zero-order valence-corrected chi connectivity index (χ0v) is 16.5. The number of aryl methyl sites for hydroxylation is 1. The van der Waals surface area contributed by atoms with Crippen molar-refractivity contribution in [2.24, 2.45) is 0 Å². The van der Waals surface area contributed by atoms with Crippen LogP contribution in [0, 0.1) is 5.82 Å². The second kappa shape index (κ2) is 7.91. The molecule has 3 heterocycles. The van der Waals surface area contributed by atoms with E-state index in [4.69, 9.17) is 4.74 Å². The number of nitrogens with zero attached hydrogens (tertiary/aromatic N) is 2. The molecule has 1 aliphatic rings. The number of para-hydroxylation sites is 2. The number of fused-ring (bicyclic) bond motifs is 1. The van der Waals surface area contributed by atoms with E-state index in [0.29, 0.717) is 32.0 Å². The molecule has 5 rings (SSSR count). The number of halogens is 1. The highest BCUT2D eigenvalue weighted by molar-refractivity contribution is 5.75. The number of hydrogen-bond acceptors (Lipinski definition) is 3. The summed E-state index contributed by atoms with van der Waals surface area (Å²) in [6.07, 6.45) is 3.01. The van der Waals surface area contributed by atoms with Gasteiger partial charge in [0.15, 0.2) is 0 Å². The molecule has 2 N–H and O–H groups in total. The van der Waals surface area contributed by atoms with Gasteiger partial charge in [-0.3, -0.25) is 9.89 Å². The maximum Gasteiger partial charge on any atom is 0.277 e. The largest absolute Gasteiger partial charge is 0.381 e. The van der Waals surface area contributed by atoms with Crippen molar-refractivity contribution in [1.82, 2.24) is 19.7 Å². The number of benzene rings is 2. The number of imidazole rings is 1. The molecule has 0 unspecified atom stereocenters. The van der Waals surface area contributed by atoms with Crippen molar-refractivity contribution in [2.45, 2.75) is 31.6 Å². The molecular weight excluding hydrogens is 383 g/mol. The van der Waals surface area contributed by atoms with E-state index >= 15 is 0 Å². The van der Waals surface area contributed by atoms with Gasteiger partial charge in [0.05, 0.1) is 11.0 Å². The first-order valence-electron chi connectivity index (χ1n) is 10.3. The van der Waals surface area contributed by atoms with E-state index in [1.165, 1.54) is 16.8 Å². The fraction of sp³-hybridized carbons (Fsp3) is 0.304. The molecule has 0 aliphatic carbocycles. The Bertz CT molecular complexity index is 1180. The van der Waals surface area contributed by atoms with Gasteiger partial charge < -0.3 is 9.72 Å². The molecule has 154 valence electrons. The summed E-state index contributed by atoms with van der Waals surface area (Å²) >= 11 is 0. The third kappa shape index (κ3) is 3.57. The highest BCUT2D eigenvalue weighted by atomic mass is 19.1. The van der Waals surface area contributed by atoms with Crippen LogP contribution in [0.25, 0.3) is 17.0 Å². The second-order valence-electron chi connectivity index (χ2n) is 7.74. The minimum Gasteiger partial charge on any atom is -0.381 e. The molecule has 1 fully saturated rings. The molecule has 1 saturated heterocycles. The van der Waals surface area contributed by atoms with Crippen molar-refractivity contribution in [3.63, 3.8) is 0 Å². The number of rotatable bonds is 5. The number of aromatic nitrogens is 4. The molecule has 6 nitrogen and oxygen atoms in total. The molecule has 0 atom stereocenters. The van der Waals surface area contributed by atoms with Crippen LogP contribution in [-0.4, -0.2) is 33.0 Å². The van der Waals surface area contributed by atoms with Crippen LogP contribution in [0.1, 0.15) is 35.6 Å². The average Bonchev–Trinajstić information content (AvgIpc) is 3.35. The van der Waals surface area contributed by atoms with E-state index in [0.717, 1.165) is 40.7 Å². The van der Waals surface area contributed by atoms with Crippen LogP contribution < -0.4 is 5.56 Å². The minimum atomic E-state index is -0.254. The van der Waals surface area contributed by atoms with E-state index in [2.05, 4.69) is 15.1 Å². The summed E-state index contributed by atoms with van der Waals surface area (Å²) in [6.45, 7) is 1.39. The van der Waals surface area contributed by atoms with Crippen molar-refractivity contribution < 1.29 is 9.13 Å². The normalized spacial score (nSPS) is 15.1. The smallest absolute Gasteiger partial charge is 0.277 e. The predicted octanol–water partition coefficient (Wildman–Crippen LogP) is 3.86. The Morgan fingerprint density at radius 1 is 1.07 bits per heavy atom. The quantitative estimate of drug-likeness (QED) is 0.528. The molecule has 0 bridgehead atoms. The molecule has 1 aliphatic heterocycles. The zero-order valence-electron chi connectivity index (χ0n) is 16.5. The van der Waals surface area contributed by atoms with Gasteiger partial charge in [-0.1, -0.05) is 24.3 Å². The maximum atomic E-state index is 13.4. The summed E-state index contributed by atoms with van der Waals surface area (Å²) in [5, 5.41) is 3.34. The van der Waals surface area contributed by atoms with Crippen LogP contribution in [-0.2, 0) is 17.6 Å². The average molecular weight is 406 g/mol. The second-order valence-corrected chi connectivity index (χ2v) is 7.74. The number of H-pyrrole nitrogens is 2. The Kier molecular flexibility index (Phi) is 4.96. The van der Waals surface area contributed by atoms with Gasteiger partial charge in [0, 0.05) is 30.4 Å². The van der Waals surface area contributed by atoms with Gasteiger partial charge in [-0.05, 0) is 55.5 Å². The van der Waals surface area contributed by atoms with Gasteiger partial charge in [0.25, 0.3) is 5.56 Å². The monoisotopic (exact) mass is 406 g/mol. The summed E-state index contributed by atoms with van der Waals surface area (Å²) in [5.41, 5.74) is 4.35. The van der Waals surface area contributed by atoms with Crippen LogP contribution >= 0.6 is 0 Å². The lowest BCUT2D eigenvalue weighted by molar-refractivity contribution is 0.0842. The Balaban J connectivity index is 1.53. The van der Waals surface area contributed by atoms with Crippen molar-refractivity contribution in [1.29, 1.82) is 0 Å². The molecule has 7 heteroatoms. The van der Waals surface area contributed by atoms with E-state index in [1.807, 2.05) is 24.3 Å². The summed E-state index contributed by atoms with van der Waals surface area (Å²) < 4.78 is 20.2. The number of nitrogens with one attached hydrogen (secondary N) is 2. The minimum absolute atomic E-state index is 0.0855. The molecule has 30 heavy (non-hydrogen) atoms. The van der Waals surface area contributed by atoms with E-state index < -0.39 is 0 Å². The standard InChI is InChI=1S/C23H23FN4O2/c24-17-8-5-15(6-9-17)7-10-18-21(16-11-13-30-14-12-16)27-28(22(18)29)23-25-19-3-1-2-4-20(19)26-23/h1-6,8-9,16,27H,7,10-14H2,(H,25,26). The van der Waals surface area contributed by atoms with Gasteiger partial charge >= 0.3 is 0 Å². The third-order valence-electron chi connectivity index (χ3n) is 5.81. The molecule has 2 aromatic heterocycles. The highest BCUT2D eigenvalue weighted by Gasteiger charge is 2.25. The number of aromatic amines is 2. The van der Waals surface area contributed by atoms with Crippen LogP contribution in [0.2, 0.25) is 0 Å². The first-order valence-corrected chi connectivity index (χ1v) is 10.3. The number of ether oxygens (including phenoxy) is 1. The fourth-order valence-corrected chi connectivity index (χ4v) is 4.17. The van der Waals surface area contributed by atoms with Gasteiger partial charge in [0.2, 0.25) is 5.95 Å². The fourth-order valence-electron chi connectivity index (χ4n) is 4.17. The lowest BCUT2D eigenvalue weighted by Gasteiger charge is -2.21. The van der Waals surface area contributed by atoms with Crippen LogP contribution in [0.4, 0.5) is 4.39 Å². The molecular formula is C23H23FN4O2. The molecule has 2 aromatic carbocycles. The van der Waals surface area contributed by atoms with Crippen molar-refractivity contribution in [2.75, 3.05) is 13.2 Å². The van der Waals surface area contributed by atoms with Gasteiger partial charge in [-0.25, -0.2) is 9.37 Å². The zero-order chi connectivity index (χ0) is 20.5. The molecule has 4 aromatic rings. The van der Waals surface area contributed by atoms with Crippen molar-refractivity contribution in [3.8, 4) is 5.95 Å². The summed E-state index contributed by atoms with van der Waals surface area (Å²) in [6, 6.07) is 14.2. The lowest BCUT2D eigenvalue weighted by atomic mass is 9.92. The Hall–Kier alpha value is -3.19. The first-order chi connectivity index (χ1) is 14.7. The molecule has 0 spiro atoms. The Labute approximate surface area is 172 Å². The van der Waals surface area contributed by atoms with Crippen molar-refractivity contribution >= 4 is 11.0 Å². The first kappa shape index (κ1) is 18.8. The van der Waals surface area contributed by atoms with Crippen molar-refractivity contribution in [3.05, 3.63) is 81.5 Å². The lowest BCUT2D eigenvalue weighted by Crippen LogP contribution is -2.19. The molecule has 0 radical (unpaired) electrons. The Morgan fingerprint density at radius 2 is 1.83 bits per heavy atom. The van der Waals surface area contributed by atoms with E-state index in [1.54, 1.807) is 12.1 Å². The molecule has 0 amide bonds.